The predicted octanol–water partition coefficient (Wildman–Crippen LogP) is 7.30. The smallest absolute Gasteiger partial charge is 0.341 e. The van der Waals surface area contributed by atoms with Crippen LogP contribution in [0.2, 0.25) is 5.02 Å². The Hall–Kier alpha value is -2.90. The minimum Gasteiger partial charge on any atom is -0.482 e. The number of ether oxygens (including phenoxy) is 1. The Labute approximate surface area is 198 Å². The average molecular weight is 493 g/mol. The highest BCUT2D eigenvalue weighted by molar-refractivity contribution is 7.99. The Balaban J connectivity index is 1.83. The minimum atomic E-state index is -3.09. The summed E-state index contributed by atoms with van der Waals surface area (Å²) < 4.78 is 44.8. The molecule has 8 heteroatoms. The maximum Gasteiger partial charge on any atom is 0.341 e. The monoisotopic (exact) mass is 492 g/mol. The van der Waals surface area contributed by atoms with Crippen molar-refractivity contribution >= 4 is 34.9 Å². The summed E-state index contributed by atoms with van der Waals surface area (Å²) in [5.74, 6) is -0.235. The van der Waals surface area contributed by atoms with Crippen LogP contribution in [0, 0.1) is 0 Å². The van der Waals surface area contributed by atoms with E-state index >= 15 is 0 Å². The van der Waals surface area contributed by atoms with E-state index in [2.05, 4.69) is 0 Å². The first-order valence-electron chi connectivity index (χ1n) is 9.90. The zero-order valence-electron chi connectivity index (χ0n) is 17.3. The molecule has 0 radical (unpaired) electrons. The quantitative estimate of drug-likeness (QED) is 0.301. The van der Waals surface area contributed by atoms with E-state index < -0.39 is 25.2 Å². The number of aliphatic carboxylic acids is 1. The van der Waals surface area contributed by atoms with E-state index in [4.69, 9.17) is 21.4 Å². The third-order valence-corrected chi connectivity index (χ3v) is 6.04. The van der Waals surface area contributed by atoms with Gasteiger partial charge in [-0.15, -0.1) is 11.8 Å². The number of alkyl halides is 3. The lowest BCUT2D eigenvalue weighted by atomic mass is 9.95. The van der Waals surface area contributed by atoms with Gasteiger partial charge < -0.3 is 9.84 Å². The molecule has 0 aliphatic heterocycles. The van der Waals surface area contributed by atoms with Crippen LogP contribution in [0.4, 0.5) is 13.2 Å². The maximum atomic E-state index is 13.9. The molecule has 0 fully saturated rings. The van der Waals surface area contributed by atoms with E-state index in [1.165, 1.54) is 23.9 Å². The van der Waals surface area contributed by atoms with Crippen LogP contribution in [-0.4, -0.2) is 29.9 Å². The van der Waals surface area contributed by atoms with Crippen molar-refractivity contribution in [3.05, 3.63) is 101 Å². The first-order chi connectivity index (χ1) is 15.8. The second-order valence-corrected chi connectivity index (χ2v) is 8.40. The summed E-state index contributed by atoms with van der Waals surface area (Å²) in [4.78, 5) is 11.4. The summed E-state index contributed by atoms with van der Waals surface area (Å²) >= 11 is 7.74. The number of carbonyl (C=O) groups is 1. The van der Waals surface area contributed by atoms with Crippen LogP contribution < -0.4 is 4.74 Å². The van der Waals surface area contributed by atoms with E-state index in [-0.39, 0.29) is 5.56 Å². The summed E-state index contributed by atoms with van der Waals surface area (Å²) in [5.41, 5.74) is 2.21. The predicted molar refractivity (Wildman–Crippen MR) is 125 cm³/mol. The molecule has 1 atom stereocenters. The first kappa shape index (κ1) is 24.7. The van der Waals surface area contributed by atoms with Gasteiger partial charge in [0.15, 0.2) is 12.8 Å². The van der Waals surface area contributed by atoms with Crippen molar-refractivity contribution in [1.29, 1.82) is 0 Å². The summed E-state index contributed by atoms with van der Waals surface area (Å²) in [6.45, 7) is -0.462. The number of carboxylic acids is 1. The molecule has 0 spiro atoms. The third-order valence-electron chi connectivity index (χ3n) is 4.61. The molecule has 3 aromatic carbocycles. The Bertz CT molecular complexity index is 1120. The van der Waals surface area contributed by atoms with Crippen molar-refractivity contribution in [1.82, 2.24) is 0 Å². The maximum absolute atomic E-state index is 13.9. The van der Waals surface area contributed by atoms with Crippen molar-refractivity contribution in [2.24, 2.45) is 0 Å². The van der Waals surface area contributed by atoms with Gasteiger partial charge in [0.25, 0.3) is 6.43 Å². The van der Waals surface area contributed by atoms with Gasteiger partial charge in [0.05, 0.1) is 5.02 Å². The Morgan fingerprint density at radius 3 is 2.39 bits per heavy atom. The minimum absolute atomic E-state index is 0.0722. The van der Waals surface area contributed by atoms with Crippen LogP contribution >= 0.6 is 23.4 Å². The molecule has 3 aromatic rings. The number of rotatable bonds is 10. The van der Waals surface area contributed by atoms with Crippen molar-refractivity contribution in [2.45, 2.75) is 17.5 Å². The highest BCUT2D eigenvalue weighted by atomic mass is 35.5. The van der Waals surface area contributed by atoms with Crippen molar-refractivity contribution in [2.75, 3.05) is 12.4 Å². The molecule has 0 bridgehead atoms. The number of hydrogen-bond donors (Lipinski definition) is 1. The van der Waals surface area contributed by atoms with Crippen molar-refractivity contribution in [3.8, 4) is 5.75 Å². The fourth-order valence-electron chi connectivity index (χ4n) is 3.09. The van der Waals surface area contributed by atoms with Crippen LogP contribution in [0.25, 0.3) is 5.57 Å². The van der Waals surface area contributed by atoms with Crippen molar-refractivity contribution in [3.63, 3.8) is 0 Å². The van der Waals surface area contributed by atoms with E-state index in [1.807, 2.05) is 36.4 Å². The number of thioether (sulfide) groups is 1. The molecule has 1 N–H and O–H groups in total. The normalized spacial score (nSPS) is 12.6. The Kier molecular flexibility index (Phi) is 8.86. The molecule has 1 unspecified atom stereocenters. The van der Waals surface area contributed by atoms with Gasteiger partial charge in [-0.1, -0.05) is 66.2 Å². The van der Waals surface area contributed by atoms with Gasteiger partial charge in [-0.2, -0.15) is 0 Å². The van der Waals surface area contributed by atoms with Gasteiger partial charge >= 0.3 is 5.97 Å². The molecule has 0 aliphatic carbocycles. The van der Waals surface area contributed by atoms with Gasteiger partial charge in [0, 0.05) is 10.6 Å². The van der Waals surface area contributed by atoms with Crippen LogP contribution in [0.5, 0.6) is 5.75 Å². The van der Waals surface area contributed by atoms with Gasteiger partial charge in [-0.25, -0.2) is 18.0 Å². The lowest BCUT2D eigenvalue weighted by Crippen LogP contribution is -2.09. The van der Waals surface area contributed by atoms with Gasteiger partial charge in [0.1, 0.15) is 5.75 Å². The lowest BCUT2D eigenvalue weighted by molar-refractivity contribution is -0.139. The lowest BCUT2D eigenvalue weighted by Gasteiger charge is -2.13. The summed E-state index contributed by atoms with van der Waals surface area (Å²) in [6.07, 6.45) is -3.51. The van der Waals surface area contributed by atoms with Gasteiger partial charge in [-0.3, -0.25) is 0 Å². The van der Waals surface area contributed by atoms with E-state index in [1.54, 1.807) is 30.3 Å². The van der Waals surface area contributed by atoms with E-state index in [0.29, 0.717) is 22.1 Å². The number of halogens is 4. The van der Waals surface area contributed by atoms with Crippen molar-refractivity contribution < 1.29 is 27.8 Å². The fourth-order valence-corrected chi connectivity index (χ4v) is 4.22. The molecule has 33 heavy (non-hydrogen) atoms. The highest BCUT2D eigenvalue weighted by Gasteiger charge is 2.22. The average Bonchev–Trinajstić information content (AvgIpc) is 2.81. The molecule has 3 nitrogen and oxygen atoms in total. The van der Waals surface area contributed by atoms with Crippen LogP contribution in [0.3, 0.4) is 0 Å². The number of benzene rings is 3. The molecule has 3 rings (SSSR count). The van der Waals surface area contributed by atoms with E-state index in [9.17, 15) is 18.0 Å². The zero-order chi connectivity index (χ0) is 23.8. The Morgan fingerprint density at radius 2 is 1.73 bits per heavy atom. The fraction of sp³-hybridized carbons (Fsp3) is 0.160. The molecule has 0 saturated carbocycles. The zero-order valence-corrected chi connectivity index (χ0v) is 18.8. The van der Waals surface area contributed by atoms with Gasteiger partial charge in [-0.05, 0) is 46.5 Å². The third kappa shape index (κ3) is 7.04. The van der Waals surface area contributed by atoms with Crippen LogP contribution in [-0.2, 0) is 4.79 Å². The molecule has 0 heterocycles. The first-order valence-corrected chi connectivity index (χ1v) is 11.3. The standard InChI is InChI=1S/C25H20ClF3O3S/c26-21-14-19(32-15-23(30)31)9-10-22(21)33-12-11-20(16-5-2-1-3-6-16)17-7-4-8-18(13-17)24(27)25(28)29/h1-11,13-14,24-25H,12,15H2,(H,30,31). The summed E-state index contributed by atoms with van der Waals surface area (Å²) in [7, 11) is 0. The molecule has 0 aromatic heterocycles. The Morgan fingerprint density at radius 1 is 1.00 bits per heavy atom. The molecule has 172 valence electrons. The molecular formula is C25H20ClF3O3S. The summed E-state index contributed by atoms with van der Waals surface area (Å²) in [6, 6.07) is 20.4. The highest BCUT2D eigenvalue weighted by Crippen LogP contribution is 2.33. The molecule has 0 saturated heterocycles. The van der Waals surface area contributed by atoms with E-state index in [0.717, 1.165) is 16.0 Å². The molecule has 0 aliphatic rings. The SMILES string of the molecule is O=C(O)COc1ccc(SCC=C(c2ccccc2)c2cccc(C(F)C(F)F)c2)c(Cl)c1. The summed E-state index contributed by atoms with van der Waals surface area (Å²) in [5, 5.41) is 9.12. The largest absolute Gasteiger partial charge is 0.482 e. The topological polar surface area (TPSA) is 46.5 Å². The second-order valence-electron chi connectivity index (χ2n) is 6.93. The van der Waals surface area contributed by atoms with Crippen LogP contribution in [0.1, 0.15) is 22.9 Å². The second kappa shape index (κ2) is 11.8. The molecule has 0 amide bonds. The van der Waals surface area contributed by atoms with Crippen LogP contribution in [0.15, 0.2) is 83.8 Å². The molecular weight excluding hydrogens is 473 g/mol. The number of hydrogen-bond acceptors (Lipinski definition) is 3. The van der Waals surface area contributed by atoms with Gasteiger partial charge in [0.2, 0.25) is 0 Å². The number of carboxylic acid groups (broad SMARTS) is 1.